The summed E-state index contributed by atoms with van der Waals surface area (Å²) in [4.78, 5) is 24.8. The first-order chi connectivity index (χ1) is 11.8. The van der Waals surface area contributed by atoms with E-state index in [1.165, 1.54) is 23.9 Å². The second-order valence-electron chi connectivity index (χ2n) is 5.09. The van der Waals surface area contributed by atoms with Crippen LogP contribution in [0.15, 0.2) is 58.3 Å². The number of sulfone groups is 1. The molecule has 0 aliphatic carbocycles. The van der Waals surface area contributed by atoms with Gasteiger partial charge < -0.3 is 10.1 Å². The highest BCUT2D eigenvalue weighted by atomic mass is 32.2. The molecule has 0 heterocycles. The first-order valence-electron chi connectivity index (χ1n) is 7.22. The molecule has 2 rings (SSSR count). The maximum atomic E-state index is 12.1. The minimum absolute atomic E-state index is 0.00223. The lowest BCUT2D eigenvalue weighted by Crippen LogP contribution is -2.22. The van der Waals surface area contributed by atoms with E-state index in [9.17, 15) is 18.0 Å². The van der Waals surface area contributed by atoms with Crippen molar-refractivity contribution in [2.75, 3.05) is 24.4 Å². The van der Waals surface area contributed by atoms with Crippen LogP contribution in [-0.2, 0) is 19.4 Å². The summed E-state index contributed by atoms with van der Waals surface area (Å²) in [6.45, 7) is -0.514. The summed E-state index contributed by atoms with van der Waals surface area (Å²) in [6, 6.07) is 12.9. The Morgan fingerprint density at radius 2 is 1.72 bits per heavy atom. The Labute approximate surface area is 150 Å². The van der Waals surface area contributed by atoms with E-state index in [4.69, 9.17) is 4.74 Å². The van der Waals surface area contributed by atoms with Crippen LogP contribution >= 0.6 is 11.8 Å². The van der Waals surface area contributed by atoms with Crippen LogP contribution in [0.1, 0.15) is 10.4 Å². The van der Waals surface area contributed by atoms with Crippen molar-refractivity contribution in [3.05, 3.63) is 54.1 Å². The van der Waals surface area contributed by atoms with Gasteiger partial charge in [0.15, 0.2) is 16.4 Å². The molecule has 0 spiro atoms. The zero-order chi connectivity index (χ0) is 18.4. The number of hydrogen-bond acceptors (Lipinski definition) is 6. The molecule has 8 heteroatoms. The Morgan fingerprint density at radius 3 is 2.40 bits per heavy atom. The third-order valence-electron chi connectivity index (χ3n) is 3.22. The first-order valence-corrected chi connectivity index (χ1v) is 10.3. The summed E-state index contributed by atoms with van der Waals surface area (Å²) in [6.07, 6.45) is 2.89. The van der Waals surface area contributed by atoms with Crippen LogP contribution in [0.3, 0.4) is 0 Å². The topological polar surface area (TPSA) is 89.5 Å². The molecular weight excluding hydrogens is 362 g/mol. The van der Waals surface area contributed by atoms with E-state index < -0.39 is 28.3 Å². The lowest BCUT2D eigenvalue weighted by molar-refractivity contribution is -0.119. The molecule has 0 saturated carbocycles. The van der Waals surface area contributed by atoms with Crippen LogP contribution in [0.4, 0.5) is 5.69 Å². The van der Waals surface area contributed by atoms with Gasteiger partial charge in [0.05, 0.1) is 16.1 Å². The van der Waals surface area contributed by atoms with Crippen molar-refractivity contribution in [1.29, 1.82) is 0 Å². The van der Waals surface area contributed by atoms with Crippen LogP contribution in [0.25, 0.3) is 0 Å². The molecule has 0 bridgehead atoms. The Hall–Kier alpha value is -2.32. The first kappa shape index (κ1) is 19.0. The molecule has 2 aromatic carbocycles. The molecule has 0 unspecified atom stereocenters. The number of ether oxygens (including phenoxy) is 1. The fourth-order valence-corrected chi connectivity index (χ4v) is 3.53. The van der Waals surface area contributed by atoms with Gasteiger partial charge in [-0.2, -0.15) is 0 Å². The van der Waals surface area contributed by atoms with Crippen molar-refractivity contribution in [3.63, 3.8) is 0 Å². The van der Waals surface area contributed by atoms with Gasteiger partial charge in [-0.25, -0.2) is 13.2 Å². The number of hydrogen-bond donors (Lipinski definition) is 1. The lowest BCUT2D eigenvalue weighted by Gasteiger charge is -2.11. The van der Waals surface area contributed by atoms with Gasteiger partial charge in [-0.1, -0.05) is 24.3 Å². The molecule has 25 heavy (non-hydrogen) atoms. The standard InChI is InChI=1S/C17H17NO5S2/c1-24-14-9-5-3-7-12(14)17(20)23-11-16(19)18-13-8-4-6-10-15(13)25(2,21)22/h3-10H,11H2,1-2H3,(H,18,19). The van der Waals surface area contributed by atoms with E-state index in [1.54, 1.807) is 36.4 Å². The fraction of sp³-hybridized carbons (Fsp3) is 0.176. The number of amides is 1. The summed E-state index contributed by atoms with van der Waals surface area (Å²) >= 11 is 1.40. The van der Waals surface area contributed by atoms with Gasteiger partial charge in [0.25, 0.3) is 5.91 Å². The highest BCUT2D eigenvalue weighted by Crippen LogP contribution is 2.21. The molecule has 1 amide bonds. The summed E-state index contributed by atoms with van der Waals surface area (Å²) in [7, 11) is -3.49. The lowest BCUT2D eigenvalue weighted by atomic mass is 10.2. The van der Waals surface area contributed by atoms with Crippen molar-refractivity contribution < 1.29 is 22.7 Å². The number of para-hydroxylation sites is 1. The van der Waals surface area contributed by atoms with E-state index in [1.807, 2.05) is 6.26 Å². The van der Waals surface area contributed by atoms with Gasteiger partial charge in [0, 0.05) is 11.2 Å². The predicted molar refractivity (Wildman–Crippen MR) is 96.7 cm³/mol. The van der Waals surface area contributed by atoms with Crippen LogP contribution < -0.4 is 5.32 Å². The van der Waals surface area contributed by atoms with E-state index in [0.717, 1.165) is 11.2 Å². The summed E-state index contributed by atoms with van der Waals surface area (Å²) in [5.41, 5.74) is 0.523. The largest absolute Gasteiger partial charge is 0.452 e. The quantitative estimate of drug-likeness (QED) is 0.613. The molecular formula is C17H17NO5S2. The molecule has 0 aliphatic rings. The number of nitrogens with one attached hydrogen (secondary N) is 1. The van der Waals surface area contributed by atoms with Gasteiger partial charge in [0.1, 0.15) is 0 Å². The molecule has 132 valence electrons. The van der Waals surface area contributed by atoms with Crippen molar-refractivity contribution in [3.8, 4) is 0 Å². The van der Waals surface area contributed by atoms with E-state index in [2.05, 4.69) is 5.32 Å². The number of thioether (sulfide) groups is 1. The molecule has 0 aliphatic heterocycles. The Bertz CT molecular complexity index is 893. The maximum Gasteiger partial charge on any atom is 0.339 e. The normalized spacial score (nSPS) is 11.0. The molecule has 0 fully saturated rings. The van der Waals surface area contributed by atoms with Gasteiger partial charge in [0.2, 0.25) is 0 Å². The van der Waals surface area contributed by atoms with Crippen molar-refractivity contribution in [1.82, 2.24) is 0 Å². The predicted octanol–water partition coefficient (Wildman–Crippen LogP) is 2.61. The number of carbonyl (C=O) groups is 2. The SMILES string of the molecule is CSc1ccccc1C(=O)OCC(=O)Nc1ccccc1S(C)(=O)=O. The molecule has 6 nitrogen and oxygen atoms in total. The number of carbonyl (C=O) groups excluding carboxylic acids is 2. The zero-order valence-corrected chi connectivity index (χ0v) is 15.3. The molecule has 0 atom stereocenters. The highest BCUT2D eigenvalue weighted by Gasteiger charge is 2.17. The summed E-state index contributed by atoms with van der Waals surface area (Å²) in [5.74, 6) is -1.23. The molecule has 0 saturated heterocycles. The van der Waals surface area contributed by atoms with Gasteiger partial charge in [-0.3, -0.25) is 4.79 Å². The third kappa shape index (κ3) is 5.07. The minimum atomic E-state index is -3.49. The van der Waals surface area contributed by atoms with Gasteiger partial charge >= 0.3 is 5.97 Å². The summed E-state index contributed by atoms with van der Waals surface area (Å²) in [5, 5.41) is 2.45. The number of benzene rings is 2. The van der Waals surface area contributed by atoms with Crippen LogP contribution in [0.5, 0.6) is 0 Å². The van der Waals surface area contributed by atoms with Gasteiger partial charge in [-0.15, -0.1) is 11.8 Å². The second kappa shape index (κ2) is 8.17. The van der Waals surface area contributed by atoms with Crippen LogP contribution in [0.2, 0.25) is 0 Å². The number of anilines is 1. The Kier molecular flexibility index (Phi) is 6.22. The van der Waals surface area contributed by atoms with E-state index in [0.29, 0.717) is 5.56 Å². The van der Waals surface area contributed by atoms with Gasteiger partial charge in [-0.05, 0) is 30.5 Å². The smallest absolute Gasteiger partial charge is 0.339 e. The molecule has 2 aromatic rings. The molecule has 0 radical (unpaired) electrons. The molecule has 0 aromatic heterocycles. The Balaban J connectivity index is 2.04. The van der Waals surface area contributed by atoms with Crippen LogP contribution in [0, 0.1) is 0 Å². The number of rotatable bonds is 6. The zero-order valence-electron chi connectivity index (χ0n) is 13.7. The summed E-state index contributed by atoms with van der Waals surface area (Å²) < 4.78 is 28.5. The van der Waals surface area contributed by atoms with Crippen LogP contribution in [-0.4, -0.2) is 39.4 Å². The second-order valence-corrected chi connectivity index (χ2v) is 7.93. The fourth-order valence-electron chi connectivity index (χ4n) is 2.10. The van der Waals surface area contributed by atoms with E-state index in [-0.39, 0.29) is 10.6 Å². The maximum absolute atomic E-state index is 12.1. The average molecular weight is 379 g/mol. The number of esters is 1. The Morgan fingerprint density at radius 1 is 1.08 bits per heavy atom. The highest BCUT2D eigenvalue weighted by molar-refractivity contribution is 7.98. The van der Waals surface area contributed by atoms with Crippen molar-refractivity contribution in [2.24, 2.45) is 0 Å². The third-order valence-corrected chi connectivity index (χ3v) is 5.17. The monoisotopic (exact) mass is 379 g/mol. The molecule has 1 N–H and O–H groups in total. The average Bonchev–Trinajstić information content (AvgIpc) is 2.59. The minimum Gasteiger partial charge on any atom is -0.452 e. The van der Waals surface area contributed by atoms with E-state index >= 15 is 0 Å². The van der Waals surface area contributed by atoms with Crippen molar-refractivity contribution in [2.45, 2.75) is 9.79 Å². The van der Waals surface area contributed by atoms with Crippen molar-refractivity contribution >= 4 is 39.2 Å².